The van der Waals surface area contributed by atoms with Gasteiger partial charge in [0.15, 0.2) is 0 Å². The summed E-state index contributed by atoms with van der Waals surface area (Å²) in [6, 6.07) is 10.5. The zero-order valence-corrected chi connectivity index (χ0v) is 22.0. The van der Waals surface area contributed by atoms with Gasteiger partial charge in [-0.05, 0) is 48.2 Å². The van der Waals surface area contributed by atoms with Crippen LogP contribution in [0.3, 0.4) is 0 Å². The van der Waals surface area contributed by atoms with Crippen LogP contribution < -0.4 is 10.6 Å². The first-order valence-corrected chi connectivity index (χ1v) is 12.3. The molecule has 1 aliphatic heterocycles. The average molecular weight is 524 g/mol. The Bertz CT molecular complexity index is 1330. The van der Waals surface area contributed by atoms with Crippen molar-refractivity contribution in [3.63, 3.8) is 0 Å². The Labute approximate surface area is 220 Å². The number of halogens is 1. The zero-order valence-electron chi connectivity index (χ0n) is 21.2. The van der Waals surface area contributed by atoms with E-state index in [1.165, 1.54) is 9.80 Å². The van der Waals surface area contributed by atoms with Gasteiger partial charge in [0.25, 0.3) is 5.91 Å². The third-order valence-corrected chi connectivity index (χ3v) is 7.07. The largest absolute Gasteiger partial charge is 0.384 e. The molecule has 1 aromatic carbocycles. The molecule has 3 atom stereocenters. The lowest BCUT2D eigenvalue weighted by atomic mass is 9.81. The minimum Gasteiger partial charge on any atom is -0.384 e. The van der Waals surface area contributed by atoms with E-state index >= 15 is 0 Å². The molecule has 37 heavy (non-hydrogen) atoms. The molecule has 0 bridgehead atoms. The van der Waals surface area contributed by atoms with Gasteiger partial charge in [-0.1, -0.05) is 30.7 Å². The number of likely N-dealkylation sites (tertiary alicyclic amines) is 1. The molecular weight excluding hydrogens is 494 g/mol. The van der Waals surface area contributed by atoms with Crippen LogP contribution in [0, 0.1) is 5.92 Å². The molecule has 4 rings (SSSR count). The second-order valence-electron chi connectivity index (χ2n) is 9.14. The van der Waals surface area contributed by atoms with E-state index in [0.717, 1.165) is 16.0 Å². The number of carbonyl (C=O) groups excluding carboxylic acids is 3. The van der Waals surface area contributed by atoms with Crippen LogP contribution in [-0.2, 0) is 23.1 Å². The van der Waals surface area contributed by atoms with Gasteiger partial charge in [-0.15, -0.1) is 0 Å². The molecule has 3 aromatic rings. The Kier molecular flexibility index (Phi) is 7.49. The van der Waals surface area contributed by atoms with Gasteiger partial charge >= 0.3 is 6.03 Å². The summed E-state index contributed by atoms with van der Waals surface area (Å²) in [6.07, 6.45) is 3.98. The Morgan fingerprint density at radius 2 is 1.92 bits per heavy atom. The number of nitrogens with two attached hydrogens (primary N) is 1. The number of nitrogen functional groups attached to an aromatic ring is 1. The van der Waals surface area contributed by atoms with Crippen molar-refractivity contribution in [2.24, 2.45) is 13.0 Å². The third kappa shape index (κ3) is 5.01. The highest BCUT2D eigenvalue weighted by molar-refractivity contribution is 6.30. The maximum atomic E-state index is 13.7. The van der Waals surface area contributed by atoms with Gasteiger partial charge in [0.2, 0.25) is 5.91 Å². The predicted octanol–water partition coefficient (Wildman–Crippen LogP) is 3.29. The van der Waals surface area contributed by atoms with Crippen LogP contribution in [0.4, 0.5) is 16.4 Å². The normalized spacial score (nSPS) is 17.8. The molecule has 4 amide bonds. The summed E-state index contributed by atoms with van der Waals surface area (Å²) in [4.78, 5) is 48.9. The van der Waals surface area contributed by atoms with Crippen molar-refractivity contribution in [3.8, 4) is 0 Å². The van der Waals surface area contributed by atoms with Gasteiger partial charge in [-0.25, -0.2) is 9.78 Å². The molecule has 0 radical (unpaired) electrons. The van der Waals surface area contributed by atoms with Gasteiger partial charge in [0.1, 0.15) is 17.7 Å². The fourth-order valence-corrected chi connectivity index (χ4v) is 5.07. The number of urea groups is 1. The van der Waals surface area contributed by atoms with E-state index in [4.69, 9.17) is 17.3 Å². The SMILES string of the molecule is CC[C@H](c1cccc(Cl)c1)N(C)C(=O)N1C(=O)C(Cc2ccnc(N)c2)[C@H]1C(=O)N(C)c1ccnn1C. The number of carbonyl (C=O) groups is 3. The average Bonchev–Trinajstić information content (AvgIpc) is 3.30. The standard InChI is InChI=1S/C26H30ClN7O3/c1-5-20(17-7-6-8-18(27)15-17)31(2)26(37)34-23(25(36)32(3)22-10-12-30-33(22)4)19(24(34)35)13-16-9-11-29-21(28)14-16/h6-12,14-15,19-20,23H,5,13H2,1-4H3,(H2,28,29)/t19?,20-,23+/m1/s1. The molecule has 10 nitrogen and oxygen atoms in total. The van der Waals surface area contributed by atoms with E-state index in [1.807, 2.05) is 19.1 Å². The number of hydrogen-bond donors (Lipinski definition) is 1. The third-order valence-electron chi connectivity index (χ3n) is 6.83. The molecular formula is C26H30ClN7O3. The molecule has 11 heteroatoms. The minimum atomic E-state index is -0.992. The molecule has 3 heterocycles. The Hall–Kier alpha value is -3.92. The van der Waals surface area contributed by atoms with E-state index in [2.05, 4.69) is 10.1 Å². The Balaban J connectivity index is 1.65. The number of nitrogens with zero attached hydrogens (tertiary/aromatic N) is 6. The number of anilines is 2. The first kappa shape index (κ1) is 26.2. The second-order valence-corrected chi connectivity index (χ2v) is 9.57. The molecule has 1 saturated heterocycles. The van der Waals surface area contributed by atoms with E-state index < -0.39 is 23.9 Å². The first-order chi connectivity index (χ1) is 17.6. The van der Waals surface area contributed by atoms with Crippen LogP contribution in [0.5, 0.6) is 0 Å². The van der Waals surface area contributed by atoms with E-state index in [1.54, 1.807) is 68.6 Å². The lowest BCUT2D eigenvalue weighted by Crippen LogP contribution is -2.70. The summed E-state index contributed by atoms with van der Waals surface area (Å²) < 4.78 is 1.56. The number of rotatable bonds is 7. The number of β-lactam (4-membered cyclic amide) rings is 1. The van der Waals surface area contributed by atoms with Crippen molar-refractivity contribution in [2.75, 3.05) is 24.7 Å². The minimum absolute atomic E-state index is 0.250. The highest BCUT2D eigenvalue weighted by Gasteiger charge is 2.56. The smallest absolute Gasteiger partial charge is 0.327 e. The molecule has 1 fully saturated rings. The van der Waals surface area contributed by atoms with Crippen LogP contribution in [-0.4, -0.2) is 62.5 Å². The summed E-state index contributed by atoms with van der Waals surface area (Å²) in [7, 11) is 4.96. The van der Waals surface area contributed by atoms with E-state index in [9.17, 15) is 14.4 Å². The van der Waals surface area contributed by atoms with Crippen LogP contribution in [0.25, 0.3) is 0 Å². The van der Waals surface area contributed by atoms with Gasteiger partial charge in [0.05, 0.1) is 18.2 Å². The van der Waals surface area contributed by atoms with Gasteiger partial charge in [-0.2, -0.15) is 5.10 Å². The lowest BCUT2D eigenvalue weighted by Gasteiger charge is -2.47. The van der Waals surface area contributed by atoms with Crippen molar-refractivity contribution < 1.29 is 14.4 Å². The van der Waals surface area contributed by atoms with E-state index in [0.29, 0.717) is 23.1 Å². The topological polar surface area (TPSA) is 118 Å². The maximum Gasteiger partial charge on any atom is 0.327 e. The van der Waals surface area contributed by atoms with Crippen molar-refractivity contribution in [1.29, 1.82) is 0 Å². The van der Waals surface area contributed by atoms with Gasteiger partial charge in [-0.3, -0.25) is 24.1 Å². The molecule has 2 aromatic heterocycles. The fourth-order valence-electron chi connectivity index (χ4n) is 4.88. The van der Waals surface area contributed by atoms with Crippen molar-refractivity contribution in [1.82, 2.24) is 24.6 Å². The van der Waals surface area contributed by atoms with Gasteiger partial charge in [0, 0.05) is 38.4 Å². The highest BCUT2D eigenvalue weighted by Crippen LogP contribution is 2.35. The monoisotopic (exact) mass is 523 g/mol. The summed E-state index contributed by atoms with van der Waals surface area (Å²) in [5.74, 6) is -0.659. The fraction of sp³-hybridized carbons (Fsp3) is 0.346. The van der Waals surface area contributed by atoms with Crippen LogP contribution >= 0.6 is 11.6 Å². The number of aryl methyl sites for hydroxylation is 1. The number of amides is 4. The molecule has 0 saturated carbocycles. The molecule has 0 spiro atoms. The molecule has 0 aliphatic carbocycles. The number of aromatic nitrogens is 3. The van der Waals surface area contributed by atoms with E-state index in [-0.39, 0.29) is 18.4 Å². The number of imide groups is 1. The summed E-state index contributed by atoms with van der Waals surface area (Å²) in [5, 5.41) is 4.68. The van der Waals surface area contributed by atoms with Gasteiger partial charge < -0.3 is 10.6 Å². The number of likely N-dealkylation sites (N-methyl/N-ethyl adjacent to an activating group) is 1. The molecule has 1 unspecified atom stereocenters. The molecule has 1 aliphatic rings. The second kappa shape index (κ2) is 10.6. The van der Waals surface area contributed by atoms with Crippen molar-refractivity contribution in [2.45, 2.75) is 31.8 Å². The summed E-state index contributed by atoms with van der Waals surface area (Å²) in [6.45, 7) is 1.95. The number of hydrogen-bond acceptors (Lipinski definition) is 6. The summed E-state index contributed by atoms with van der Waals surface area (Å²) >= 11 is 6.18. The maximum absolute atomic E-state index is 13.7. The quantitative estimate of drug-likeness (QED) is 0.475. The number of pyridine rings is 1. The van der Waals surface area contributed by atoms with Crippen LogP contribution in [0.1, 0.15) is 30.5 Å². The van der Waals surface area contributed by atoms with Crippen LogP contribution in [0.2, 0.25) is 5.02 Å². The molecule has 194 valence electrons. The first-order valence-electron chi connectivity index (χ1n) is 11.9. The summed E-state index contributed by atoms with van der Waals surface area (Å²) in [5.41, 5.74) is 7.43. The zero-order chi connectivity index (χ0) is 26.9. The van der Waals surface area contributed by atoms with Crippen molar-refractivity contribution in [3.05, 3.63) is 71.0 Å². The highest BCUT2D eigenvalue weighted by atomic mass is 35.5. The lowest BCUT2D eigenvalue weighted by molar-refractivity contribution is -0.157. The Morgan fingerprint density at radius 3 is 2.54 bits per heavy atom. The Morgan fingerprint density at radius 1 is 1.16 bits per heavy atom. The van der Waals surface area contributed by atoms with Crippen molar-refractivity contribution >= 4 is 41.1 Å². The number of benzene rings is 1. The molecule has 2 N–H and O–H groups in total. The van der Waals surface area contributed by atoms with Crippen LogP contribution in [0.15, 0.2) is 54.9 Å². The predicted molar refractivity (Wildman–Crippen MR) is 141 cm³/mol.